The molecule has 0 atom stereocenters. The largest absolute Gasteiger partial charge is 0.493 e. The minimum absolute atomic E-state index is 0.0751. The Labute approximate surface area is 199 Å². The van der Waals surface area contributed by atoms with Gasteiger partial charge in [0.05, 0.1) is 6.61 Å². The van der Waals surface area contributed by atoms with Gasteiger partial charge in [-0.15, -0.1) is 0 Å². The summed E-state index contributed by atoms with van der Waals surface area (Å²) in [6.07, 6.45) is 0.780. The molecule has 0 spiro atoms. The van der Waals surface area contributed by atoms with Gasteiger partial charge in [-0.25, -0.2) is 0 Å². The van der Waals surface area contributed by atoms with E-state index in [-0.39, 0.29) is 22.8 Å². The van der Waals surface area contributed by atoms with Crippen molar-refractivity contribution in [2.45, 2.75) is 20.3 Å². The van der Waals surface area contributed by atoms with E-state index in [2.05, 4.69) is 28.1 Å². The molecule has 3 N–H and O–H groups in total. The molecule has 0 aromatic heterocycles. The van der Waals surface area contributed by atoms with Crippen LogP contribution in [-0.2, 0) is 11.2 Å². The highest BCUT2D eigenvalue weighted by Crippen LogP contribution is 2.17. The fourth-order valence-corrected chi connectivity index (χ4v) is 3.17. The summed E-state index contributed by atoms with van der Waals surface area (Å²) in [5.74, 6) is 0.0743. The number of hydrogen-bond acceptors (Lipinski definition) is 4. The predicted molar refractivity (Wildman–Crippen MR) is 136 cm³/mol. The number of hydrogen-bond donors (Lipinski definition) is 3. The van der Waals surface area contributed by atoms with Gasteiger partial charge in [-0.1, -0.05) is 56.3 Å². The van der Waals surface area contributed by atoms with Crippen molar-refractivity contribution in [3.63, 3.8) is 0 Å². The topological polar surface area (TPSA) is 79.5 Å². The number of rotatable bonds is 8. The lowest BCUT2D eigenvalue weighted by Crippen LogP contribution is -2.34. The van der Waals surface area contributed by atoms with Gasteiger partial charge in [0.2, 0.25) is 5.91 Å². The maximum atomic E-state index is 12.6. The first-order valence-electron chi connectivity index (χ1n) is 10.7. The summed E-state index contributed by atoms with van der Waals surface area (Å²) in [5.41, 5.74) is 2.93. The lowest BCUT2D eigenvalue weighted by molar-refractivity contribution is -0.118. The fourth-order valence-electron chi connectivity index (χ4n) is 2.96. The van der Waals surface area contributed by atoms with Crippen LogP contribution in [-0.4, -0.2) is 23.5 Å². The molecule has 0 saturated heterocycles. The van der Waals surface area contributed by atoms with Gasteiger partial charge in [0, 0.05) is 29.3 Å². The van der Waals surface area contributed by atoms with E-state index < -0.39 is 0 Å². The molecular formula is C26H27N3O3S. The first-order valence-corrected chi connectivity index (χ1v) is 11.1. The van der Waals surface area contributed by atoms with Crippen LogP contribution in [0.15, 0.2) is 78.9 Å². The van der Waals surface area contributed by atoms with Gasteiger partial charge in [0.15, 0.2) is 5.11 Å². The van der Waals surface area contributed by atoms with Crippen molar-refractivity contribution in [2.24, 2.45) is 5.92 Å². The van der Waals surface area contributed by atoms with Gasteiger partial charge in [0.1, 0.15) is 5.75 Å². The number of benzene rings is 3. The molecule has 0 radical (unpaired) electrons. The predicted octanol–water partition coefficient (Wildman–Crippen LogP) is 5.03. The van der Waals surface area contributed by atoms with Crippen molar-refractivity contribution < 1.29 is 14.3 Å². The van der Waals surface area contributed by atoms with Gasteiger partial charge >= 0.3 is 0 Å². The average Bonchev–Trinajstić information content (AvgIpc) is 2.80. The highest BCUT2D eigenvalue weighted by Gasteiger charge is 2.11. The van der Waals surface area contributed by atoms with E-state index in [0.29, 0.717) is 29.3 Å². The molecule has 0 unspecified atom stereocenters. The molecule has 3 aromatic carbocycles. The van der Waals surface area contributed by atoms with Crippen LogP contribution in [0.25, 0.3) is 0 Å². The van der Waals surface area contributed by atoms with Crippen LogP contribution in [0.1, 0.15) is 29.8 Å². The lowest BCUT2D eigenvalue weighted by atomic mass is 10.2. The van der Waals surface area contributed by atoms with Gasteiger partial charge in [-0.2, -0.15) is 0 Å². The van der Waals surface area contributed by atoms with Gasteiger partial charge in [0.25, 0.3) is 5.91 Å². The van der Waals surface area contributed by atoms with Crippen LogP contribution in [0.5, 0.6) is 5.75 Å². The monoisotopic (exact) mass is 461 g/mol. The molecule has 170 valence electrons. The fraction of sp³-hybridized carbons (Fsp3) is 0.192. The molecule has 33 heavy (non-hydrogen) atoms. The van der Waals surface area contributed by atoms with Crippen LogP contribution < -0.4 is 20.7 Å². The van der Waals surface area contributed by atoms with Crippen molar-refractivity contribution in [2.75, 3.05) is 17.2 Å². The third-order valence-electron chi connectivity index (χ3n) is 4.74. The zero-order valence-electron chi connectivity index (χ0n) is 18.6. The number of amides is 2. The summed E-state index contributed by atoms with van der Waals surface area (Å²) in [6, 6.07) is 24.2. The van der Waals surface area contributed by atoms with E-state index in [0.717, 1.165) is 6.42 Å². The second kappa shape index (κ2) is 11.8. The molecule has 0 aliphatic rings. The normalized spacial score (nSPS) is 10.4. The van der Waals surface area contributed by atoms with E-state index in [4.69, 9.17) is 17.0 Å². The SMILES string of the molecule is CC(C)C(=O)Nc1cccc(NC(=S)NC(=O)c2cccc(OCCc3ccccc3)c2)c1. The smallest absolute Gasteiger partial charge is 0.257 e. The van der Waals surface area contributed by atoms with Crippen molar-refractivity contribution in [1.29, 1.82) is 0 Å². The lowest BCUT2D eigenvalue weighted by Gasteiger charge is -2.13. The minimum atomic E-state index is -0.342. The Bertz CT molecular complexity index is 1120. The van der Waals surface area contributed by atoms with Crippen molar-refractivity contribution >= 4 is 40.5 Å². The van der Waals surface area contributed by atoms with Crippen LogP contribution >= 0.6 is 12.2 Å². The number of ether oxygens (including phenoxy) is 1. The Balaban J connectivity index is 1.53. The highest BCUT2D eigenvalue weighted by atomic mass is 32.1. The Morgan fingerprint density at radius 1 is 0.879 bits per heavy atom. The van der Waals surface area contributed by atoms with Crippen molar-refractivity contribution in [1.82, 2.24) is 5.32 Å². The summed E-state index contributed by atoms with van der Waals surface area (Å²) in [5, 5.41) is 8.63. The molecule has 3 rings (SSSR count). The minimum Gasteiger partial charge on any atom is -0.493 e. The van der Waals surface area contributed by atoms with Crippen molar-refractivity contribution in [3.05, 3.63) is 90.0 Å². The van der Waals surface area contributed by atoms with E-state index in [1.807, 2.05) is 38.1 Å². The maximum absolute atomic E-state index is 12.6. The number of carbonyl (C=O) groups is 2. The van der Waals surface area contributed by atoms with Gasteiger partial charge < -0.3 is 15.4 Å². The Morgan fingerprint density at radius 2 is 1.58 bits per heavy atom. The first-order chi connectivity index (χ1) is 15.9. The quantitative estimate of drug-likeness (QED) is 0.410. The standard InChI is InChI=1S/C26H27N3O3S/c1-18(2)24(30)27-21-11-7-12-22(17-21)28-26(33)29-25(31)20-10-6-13-23(16-20)32-15-14-19-8-4-3-5-9-19/h3-13,16-18H,14-15H2,1-2H3,(H,27,30)(H2,28,29,31,33). The third-order valence-corrected chi connectivity index (χ3v) is 4.94. The molecule has 0 heterocycles. The van der Waals surface area contributed by atoms with E-state index in [9.17, 15) is 9.59 Å². The molecule has 0 fully saturated rings. The molecule has 7 heteroatoms. The molecule has 0 bridgehead atoms. The molecule has 3 aromatic rings. The molecule has 2 amide bonds. The Hall–Kier alpha value is -3.71. The maximum Gasteiger partial charge on any atom is 0.257 e. The molecule has 0 aliphatic heterocycles. The molecule has 6 nitrogen and oxygen atoms in total. The Morgan fingerprint density at radius 3 is 2.30 bits per heavy atom. The number of thiocarbonyl (C=S) groups is 1. The van der Waals surface area contributed by atoms with Crippen molar-refractivity contribution in [3.8, 4) is 5.75 Å². The second-order valence-electron chi connectivity index (χ2n) is 7.74. The second-order valence-corrected chi connectivity index (χ2v) is 8.15. The van der Waals surface area contributed by atoms with Gasteiger partial charge in [-0.05, 0) is 54.2 Å². The Kier molecular flexibility index (Phi) is 8.55. The molecular weight excluding hydrogens is 434 g/mol. The zero-order valence-corrected chi connectivity index (χ0v) is 19.4. The summed E-state index contributed by atoms with van der Waals surface area (Å²) in [4.78, 5) is 24.5. The average molecular weight is 462 g/mol. The molecule has 0 aliphatic carbocycles. The van der Waals surface area contributed by atoms with E-state index in [1.165, 1.54) is 5.56 Å². The highest BCUT2D eigenvalue weighted by molar-refractivity contribution is 7.80. The number of nitrogens with one attached hydrogen (secondary N) is 3. The van der Waals surface area contributed by atoms with Crippen LogP contribution in [0.3, 0.4) is 0 Å². The summed E-state index contributed by atoms with van der Waals surface area (Å²) in [6.45, 7) is 4.16. The number of carbonyl (C=O) groups excluding carboxylic acids is 2. The summed E-state index contributed by atoms with van der Waals surface area (Å²) < 4.78 is 5.80. The van der Waals surface area contributed by atoms with Crippen LogP contribution in [0.4, 0.5) is 11.4 Å². The summed E-state index contributed by atoms with van der Waals surface area (Å²) in [7, 11) is 0. The van der Waals surface area contributed by atoms with Crippen LogP contribution in [0.2, 0.25) is 0 Å². The van der Waals surface area contributed by atoms with Crippen LogP contribution in [0, 0.1) is 5.92 Å². The summed E-state index contributed by atoms with van der Waals surface area (Å²) >= 11 is 5.28. The zero-order chi connectivity index (χ0) is 23.6. The number of anilines is 2. The first kappa shape index (κ1) is 23.9. The third kappa shape index (κ3) is 7.73. The molecule has 0 saturated carbocycles. The van der Waals surface area contributed by atoms with E-state index >= 15 is 0 Å². The van der Waals surface area contributed by atoms with Gasteiger partial charge in [-0.3, -0.25) is 14.9 Å². The van der Waals surface area contributed by atoms with E-state index in [1.54, 1.807) is 42.5 Å².